The second kappa shape index (κ2) is 11.0. The summed E-state index contributed by atoms with van der Waals surface area (Å²) < 4.78 is 11.5. The maximum Gasteiger partial charge on any atom is 0.0905 e. The summed E-state index contributed by atoms with van der Waals surface area (Å²) in [7, 11) is 0. The summed E-state index contributed by atoms with van der Waals surface area (Å²) in [5, 5.41) is 2.10. The van der Waals surface area contributed by atoms with Crippen molar-refractivity contribution in [3.05, 3.63) is 23.0 Å². The molecular weight excluding hydrogens is 264 g/mol. The van der Waals surface area contributed by atoms with E-state index in [1.54, 1.807) is 23.5 Å². The van der Waals surface area contributed by atoms with Gasteiger partial charge in [-0.15, -0.1) is 23.5 Å². The number of hydrogen-bond donors (Lipinski definition) is 0. The lowest BCUT2D eigenvalue weighted by Crippen LogP contribution is -2.27. The van der Waals surface area contributed by atoms with Crippen LogP contribution in [0.2, 0.25) is 0 Å². The molecule has 0 radical (unpaired) electrons. The summed E-state index contributed by atoms with van der Waals surface area (Å²) in [4.78, 5) is 1.18. The Hall–Kier alpha value is 0.1000. The van der Waals surface area contributed by atoms with E-state index in [1.165, 1.54) is 4.91 Å². The maximum absolute atomic E-state index is 5.86. The van der Waals surface area contributed by atoms with Gasteiger partial charge in [0.15, 0.2) is 0 Å². The van der Waals surface area contributed by atoms with Crippen molar-refractivity contribution in [3.8, 4) is 0 Å². The van der Waals surface area contributed by atoms with Gasteiger partial charge in [-0.25, -0.2) is 0 Å². The fourth-order valence-corrected chi connectivity index (χ4v) is 2.82. The van der Waals surface area contributed by atoms with Crippen LogP contribution in [0.1, 0.15) is 27.7 Å². The second-order valence-corrected chi connectivity index (χ2v) is 6.26. The highest BCUT2D eigenvalue weighted by Crippen LogP contribution is 2.22. The molecule has 106 valence electrons. The normalized spacial score (nSPS) is 14.3. The standard InChI is InChI=1S/C14H26O2S2/c1-7-14(10-17-6)18-9-13(16-12(4)5)8-15-11(2)3/h7,10-13H,1,8-9H2,2-6H3/b14-10+. The summed E-state index contributed by atoms with van der Waals surface area (Å²) in [6.07, 6.45) is 4.53. The first-order valence-electron chi connectivity index (χ1n) is 6.24. The lowest BCUT2D eigenvalue weighted by Gasteiger charge is -2.21. The first-order valence-corrected chi connectivity index (χ1v) is 8.52. The van der Waals surface area contributed by atoms with Gasteiger partial charge < -0.3 is 9.47 Å². The quantitative estimate of drug-likeness (QED) is 0.557. The van der Waals surface area contributed by atoms with E-state index in [0.29, 0.717) is 6.61 Å². The predicted molar refractivity (Wildman–Crippen MR) is 85.4 cm³/mol. The van der Waals surface area contributed by atoms with Crippen LogP contribution in [0.3, 0.4) is 0 Å². The Kier molecular flexibility index (Phi) is 11.0. The van der Waals surface area contributed by atoms with Crippen LogP contribution in [-0.2, 0) is 9.47 Å². The van der Waals surface area contributed by atoms with Gasteiger partial charge in [0.1, 0.15) is 0 Å². The number of rotatable bonds is 10. The van der Waals surface area contributed by atoms with Crippen molar-refractivity contribution in [2.45, 2.75) is 46.0 Å². The van der Waals surface area contributed by atoms with Gasteiger partial charge in [-0.2, -0.15) is 0 Å². The molecule has 1 unspecified atom stereocenters. The van der Waals surface area contributed by atoms with E-state index in [9.17, 15) is 0 Å². The lowest BCUT2D eigenvalue weighted by atomic mass is 10.4. The third-order valence-corrected chi connectivity index (χ3v) is 3.75. The molecule has 0 aliphatic rings. The van der Waals surface area contributed by atoms with Gasteiger partial charge in [0, 0.05) is 10.7 Å². The zero-order valence-electron chi connectivity index (χ0n) is 12.1. The van der Waals surface area contributed by atoms with E-state index in [0.717, 1.165) is 5.75 Å². The first-order chi connectivity index (χ1) is 8.49. The molecule has 0 saturated carbocycles. The first kappa shape index (κ1) is 18.1. The molecule has 0 rings (SSSR count). The molecule has 4 heteroatoms. The molecule has 0 N–H and O–H groups in total. The van der Waals surface area contributed by atoms with Crippen LogP contribution in [0.25, 0.3) is 0 Å². The Morgan fingerprint density at radius 1 is 1.22 bits per heavy atom. The van der Waals surface area contributed by atoms with Crippen LogP contribution in [0.5, 0.6) is 0 Å². The Morgan fingerprint density at radius 2 is 1.89 bits per heavy atom. The summed E-state index contributed by atoms with van der Waals surface area (Å²) >= 11 is 3.46. The minimum Gasteiger partial charge on any atom is -0.376 e. The Labute approximate surface area is 121 Å². The average molecular weight is 290 g/mol. The Morgan fingerprint density at radius 3 is 2.33 bits per heavy atom. The van der Waals surface area contributed by atoms with E-state index < -0.39 is 0 Å². The van der Waals surface area contributed by atoms with E-state index in [2.05, 4.69) is 25.8 Å². The van der Waals surface area contributed by atoms with E-state index >= 15 is 0 Å². The fraction of sp³-hybridized carbons (Fsp3) is 0.714. The van der Waals surface area contributed by atoms with Gasteiger partial charge in [0.25, 0.3) is 0 Å². The van der Waals surface area contributed by atoms with Gasteiger partial charge in [-0.1, -0.05) is 12.7 Å². The zero-order chi connectivity index (χ0) is 14.0. The highest BCUT2D eigenvalue weighted by molar-refractivity contribution is 8.06. The summed E-state index contributed by atoms with van der Waals surface area (Å²) in [5.41, 5.74) is 0. The number of allylic oxidation sites excluding steroid dienone is 1. The summed E-state index contributed by atoms with van der Waals surface area (Å²) in [5.74, 6) is 0.892. The third-order valence-electron chi connectivity index (χ3n) is 1.95. The number of hydrogen-bond acceptors (Lipinski definition) is 4. The Bertz CT molecular complexity index is 250. The van der Waals surface area contributed by atoms with E-state index in [-0.39, 0.29) is 18.3 Å². The fourth-order valence-electron chi connectivity index (χ4n) is 1.26. The van der Waals surface area contributed by atoms with Crippen LogP contribution in [-0.4, -0.2) is 36.9 Å². The molecule has 0 aliphatic carbocycles. The van der Waals surface area contributed by atoms with Crippen LogP contribution in [0.15, 0.2) is 23.0 Å². The molecule has 18 heavy (non-hydrogen) atoms. The highest BCUT2D eigenvalue weighted by atomic mass is 32.2. The van der Waals surface area contributed by atoms with Gasteiger partial charge >= 0.3 is 0 Å². The van der Waals surface area contributed by atoms with Crippen LogP contribution >= 0.6 is 23.5 Å². The van der Waals surface area contributed by atoms with E-state index in [4.69, 9.17) is 9.47 Å². The van der Waals surface area contributed by atoms with Crippen molar-refractivity contribution in [3.63, 3.8) is 0 Å². The molecular formula is C14H26O2S2. The summed E-state index contributed by atoms with van der Waals surface area (Å²) in [6, 6.07) is 0. The third kappa shape index (κ3) is 10.1. The smallest absolute Gasteiger partial charge is 0.0905 e. The van der Waals surface area contributed by atoms with Gasteiger partial charge in [-0.3, -0.25) is 0 Å². The van der Waals surface area contributed by atoms with Crippen molar-refractivity contribution < 1.29 is 9.47 Å². The molecule has 0 heterocycles. The monoisotopic (exact) mass is 290 g/mol. The van der Waals surface area contributed by atoms with Crippen molar-refractivity contribution in [1.29, 1.82) is 0 Å². The van der Waals surface area contributed by atoms with Crippen molar-refractivity contribution in [2.24, 2.45) is 0 Å². The SMILES string of the molecule is C=C/C(=C\SC)SCC(COC(C)C)OC(C)C. The predicted octanol–water partition coefficient (Wildman–Crippen LogP) is 4.33. The number of ether oxygens (including phenoxy) is 2. The lowest BCUT2D eigenvalue weighted by molar-refractivity contribution is -0.0472. The van der Waals surface area contributed by atoms with Crippen molar-refractivity contribution in [1.82, 2.24) is 0 Å². The molecule has 0 spiro atoms. The largest absolute Gasteiger partial charge is 0.376 e. The van der Waals surface area contributed by atoms with Gasteiger partial charge in [0.2, 0.25) is 0 Å². The molecule has 2 nitrogen and oxygen atoms in total. The average Bonchev–Trinajstić information content (AvgIpc) is 2.30. The second-order valence-electron chi connectivity index (χ2n) is 4.46. The molecule has 0 aromatic heterocycles. The van der Waals surface area contributed by atoms with Crippen molar-refractivity contribution >= 4 is 23.5 Å². The molecule has 0 aromatic rings. The topological polar surface area (TPSA) is 18.5 Å². The molecule has 1 atom stereocenters. The molecule has 0 fully saturated rings. The summed E-state index contributed by atoms with van der Waals surface area (Å²) in [6.45, 7) is 12.7. The van der Waals surface area contributed by atoms with Crippen LogP contribution in [0.4, 0.5) is 0 Å². The molecule has 0 aromatic carbocycles. The minimum atomic E-state index is 0.127. The van der Waals surface area contributed by atoms with Crippen LogP contribution in [0, 0.1) is 0 Å². The minimum absolute atomic E-state index is 0.127. The van der Waals surface area contributed by atoms with Crippen LogP contribution < -0.4 is 0 Å². The number of thioether (sulfide) groups is 2. The molecule has 0 amide bonds. The highest BCUT2D eigenvalue weighted by Gasteiger charge is 2.13. The molecule has 0 saturated heterocycles. The maximum atomic E-state index is 5.86. The van der Waals surface area contributed by atoms with Gasteiger partial charge in [-0.05, 0) is 39.4 Å². The molecule has 0 aliphatic heterocycles. The van der Waals surface area contributed by atoms with E-state index in [1.807, 2.05) is 26.2 Å². The Balaban J connectivity index is 4.21. The van der Waals surface area contributed by atoms with Gasteiger partial charge in [0.05, 0.1) is 24.9 Å². The zero-order valence-corrected chi connectivity index (χ0v) is 13.8. The van der Waals surface area contributed by atoms with Crippen molar-refractivity contribution in [2.75, 3.05) is 18.6 Å². The molecule has 0 bridgehead atoms.